The molecule has 1 aromatic heterocycles. The Labute approximate surface area is 269 Å². The van der Waals surface area contributed by atoms with Crippen molar-refractivity contribution in [2.24, 2.45) is 4.99 Å². The van der Waals surface area contributed by atoms with Crippen molar-refractivity contribution >= 4 is 33.2 Å². The molecule has 1 unspecified atom stereocenters. The second kappa shape index (κ2) is 10.2. The summed E-state index contributed by atoms with van der Waals surface area (Å²) in [6.07, 6.45) is 2.03. The van der Waals surface area contributed by atoms with Crippen LogP contribution in [0.5, 0.6) is 0 Å². The molecule has 46 heavy (non-hydrogen) atoms. The van der Waals surface area contributed by atoms with Gasteiger partial charge < -0.3 is 9.88 Å². The molecule has 3 heteroatoms. The number of allylic oxidation sites excluding steroid dienone is 1. The van der Waals surface area contributed by atoms with Gasteiger partial charge in [0.2, 0.25) is 0 Å². The number of aromatic nitrogens is 1. The number of aliphatic imine (C=N–C) groups is 1. The number of rotatable bonds is 4. The van der Waals surface area contributed by atoms with Crippen LogP contribution in [0, 0.1) is 0 Å². The molecule has 0 saturated heterocycles. The Morgan fingerprint density at radius 2 is 1.24 bits per heavy atom. The fourth-order valence-corrected chi connectivity index (χ4v) is 7.62. The zero-order valence-corrected chi connectivity index (χ0v) is 25.9. The molecular weight excluding hydrogens is 558 g/mol. The first kappa shape index (κ1) is 26.7. The normalized spacial score (nSPS) is 16.4. The Bertz CT molecular complexity index is 2320. The van der Waals surface area contributed by atoms with E-state index in [1.807, 2.05) is 0 Å². The summed E-state index contributed by atoms with van der Waals surface area (Å²) in [6.45, 7) is 4.67. The van der Waals surface area contributed by atoms with E-state index in [0.29, 0.717) is 0 Å². The van der Waals surface area contributed by atoms with Crippen molar-refractivity contribution in [3.8, 4) is 16.8 Å². The molecule has 0 saturated carbocycles. The molecule has 0 fully saturated rings. The molecular formula is C43H33N3. The predicted octanol–water partition coefficient (Wildman–Crippen LogP) is 10.2. The third kappa shape index (κ3) is 4.02. The van der Waals surface area contributed by atoms with Gasteiger partial charge in [-0.1, -0.05) is 135 Å². The van der Waals surface area contributed by atoms with Gasteiger partial charge >= 0.3 is 0 Å². The van der Waals surface area contributed by atoms with Gasteiger partial charge in [0.25, 0.3) is 0 Å². The summed E-state index contributed by atoms with van der Waals surface area (Å²) < 4.78 is 2.37. The van der Waals surface area contributed by atoms with Crippen molar-refractivity contribution in [2.45, 2.75) is 25.4 Å². The highest BCUT2D eigenvalue weighted by atomic mass is 15.1. The molecule has 0 bridgehead atoms. The minimum atomic E-state index is -0.214. The number of hydrogen-bond donors (Lipinski definition) is 1. The van der Waals surface area contributed by atoms with Gasteiger partial charge in [-0.05, 0) is 58.2 Å². The van der Waals surface area contributed by atoms with E-state index < -0.39 is 0 Å². The lowest BCUT2D eigenvalue weighted by atomic mass is 9.82. The lowest BCUT2D eigenvalue weighted by molar-refractivity contribution is 0.658. The SMILES string of the molecule is CC1(C)c2ccccc2-c2c(C3=CC(c4cccc(-n5c6ccccc6c6ccccc65)c4)=NC(c4ccccc4)N3)cccc21. The largest absolute Gasteiger partial charge is 0.359 e. The summed E-state index contributed by atoms with van der Waals surface area (Å²) in [5.74, 6) is 0. The molecule has 0 spiro atoms. The van der Waals surface area contributed by atoms with Crippen LogP contribution < -0.4 is 5.32 Å². The molecule has 1 aliphatic carbocycles. The Morgan fingerprint density at radius 1 is 0.609 bits per heavy atom. The van der Waals surface area contributed by atoms with Crippen molar-refractivity contribution in [3.05, 3.63) is 179 Å². The number of hydrogen-bond acceptors (Lipinski definition) is 2. The monoisotopic (exact) mass is 591 g/mol. The second-order valence-electron chi connectivity index (χ2n) is 12.8. The van der Waals surface area contributed by atoms with Crippen LogP contribution in [0.1, 0.15) is 47.8 Å². The van der Waals surface area contributed by atoms with E-state index >= 15 is 0 Å². The highest BCUT2D eigenvalue weighted by Gasteiger charge is 2.37. The van der Waals surface area contributed by atoms with E-state index in [2.05, 4.69) is 175 Å². The number of fused-ring (bicyclic) bond motifs is 6. The van der Waals surface area contributed by atoms with Crippen LogP contribution in [-0.2, 0) is 5.41 Å². The van der Waals surface area contributed by atoms with Gasteiger partial charge in [-0.25, -0.2) is 0 Å². The van der Waals surface area contributed by atoms with E-state index in [1.54, 1.807) is 0 Å². The van der Waals surface area contributed by atoms with Crippen molar-refractivity contribution in [2.75, 3.05) is 0 Å². The van der Waals surface area contributed by atoms with E-state index in [1.165, 1.54) is 49.6 Å². The molecule has 0 radical (unpaired) electrons. The lowest BCUT2D eigenvalue weighted by Crippen LogP contribution is -2.25. The molecule has 1 aliphatic heterocycles. The van der Waals surface area contributed by atoms with E-state index in [9.17, 15) is 0 Å². The van der Waals surface area contributed by atoms with Crippen LogP contribution in [0.15, 0.2) is 157 Å². The van der Waals surface area contributed by atoms with Crippen molar-refractivity contribution in [1.29, 1.82) is 0 Å². The molecule has 0 amide bonds. The van der Waals surface area contributed by atoms with E-state index in [4.69, 9.17) is 4.99 Å². The zero-order chi connectivity index (χ0) is 30.8. The topological polar surface area (TPSA) is 29.3 Å². The van der Waals surface area contributed by atoms with Gasteiger partial charge in [-0.2, -0.15) is 0 Å². The van der Waals surface area contributed by atoms with Crippen LogP contribution in [-0.4, -0.2) is 10.3 Å². The maximum absolute atomic E-state index is 5.33. The first-order valence-corrected chi connectivity index (χ1v) is 16.0. The van der Waals surface area contributed by atoms with Gasteiger partial charge in [0, 0.05) is 38.7 Å². The summed E-state index contributed by atoms with van der Waals surface area (Å²) in [7, 11) is 0. The fraction of sp³-hybridized carbons (Fsp3) is 0.0930. The maximum Gasteiger partial charge on any atom is 0.145 e. The summed E-state index contributed by atoms with van der Waals surface area (Å²) in [6, 6.07) is 52.3. The summed E-state index contributed by atoms with van der Waals surface area (Å²) in [5, 5.41) is 6.35. The minimum Gasteiger partial charge on any atom is -0.359 e. The molecule has 1 atom stereocenters. The zero-order valence-electron chi connectivity index (χ0n) is 25.9. The van der Waals surface area contributed by atoms with Crippen LogP contribution in [0.4, 0.5) is 0 Å². The molecule has 2 aliphatic rings. The summed E-state index contributed by atoms with van der Waals surface area (Å²) in [5.41, 5.74) is 14.3. The number of para-hydroxylation sites is 2. The number of benzene rings is 6. The molecule has 220 valence electrons. The molecule has 9 rings (SSSR count). The highest BCUT2D eigenvalue weighted by Crippen LogP contribution is 2.51. The Kier molecular flexibility index (Phi) is 5.91. The average Bonchev–Trinajstić information content (AvgIpc) is 3.57. The lowest BCUT2D eigenvalue weighted by Gasteiger charge is -2.27. The summed E-state index contributed by atoms with van der Waals surface area (Å²) >= 11 is 0. The van der Waals surface area contributed by atoms with Gasteiger partial charge in [0.1, 0.15) is 6.17 Å². The third-order valence-electron chi connectivity index (χ3n) is 9.83. The molecule has 2 heterocycles. The molecule has 3 nitrogen and oxygen atoms in total. The third-order valence-corrected chi connectivity index (χ3v) is 9.83. The van der Waals surface area contributed by atoms with Crippen LogP contribution in [0.3, 0.4) is 0 Å². The first-order valence-electron chi connectivity index (χ1n) is 16.0. The second-order valence-corrected chi connectivity index (χ2v) is 12.8. The van der Waals surface area contributed by atoms with Gasteiger partial charge in [-0.3, -0.25) is 4.99 Å². The fourth-order valence-electron chi connectivity index (χ4n) is 7.62. The quantitative estimate of drug-likeness (QED) is 0.217. The van der Waals surface area contributed by atoms with Crippen LogP contribution >= 0.6 is 0 Å². The van der Waals surface area contributed by atoms with Crippen molar-refractivity contribution in [3.63, 3.8) is 0 Å². The Morgan fingerprint density at radius 3 is 2.02 bits per heavy atom. The standard InChI is InChI=1S/C43H33N3/c1-43(2)35-22-9-6-20-33(35)41-34(21-13-23-36(41)43)38-27-37(44-42(45-38)28-14-4-3-5-15-28)29-16-12-17-30(26-29)46-39-24-10-7-18-31(39)32-19-8-11-25-40(32)46/h3-27,42,45H,1-2H3. The Balaban J connectivity index is 1.23. The first-order chi connectivity index (χ1) is 22.6. The molecule has 7 aromatic rings. The van der Waals surface area contributed by atoms with Crippen LogP contribution in [0.25, 0.3) is 44.3 Å². The minimum absolute atomic E-state index is 0.0659. The van der Waals surface area contributed by atoms with Gasteiger partial charge in [-0.15, -0.1) is 0 Å². The number of nitrogens with zero attached hydrogens (tertiary/aromatic N) is 2. The summed E-state index contributed by atoms with van der Waals surface area (Å²) in [4.78, 5) is 5.33. The van der Waals surface area contributed by atoms with Crippen molar-refractivity contribution in [1.82, 2.24) is 9.88 Å². The van der Waals surface area contributed by atoms with E-state index in [-0.39, 0.29) is 11.6 Å². The van der Waals surface area contributed by atoms with Crippen LogP contribution in [0.2, 0.25) is 0 Å². The average molecular weight is 592 g/mol. The Hall–Kier alpha value is -5.67. The smallest absolute Gasteiger partial charge is 0.145 e. The van der Waals surface area contributed by atoms with Gasteiger partial charge in [0.05, 0.1) is 16.7 Å². The molecule has 1 N–H and O–H groups in total. The maximum atomic E-state index is 5.33. The molecule has 6 aromatic carbocycles. The van der Waals surface area contributed by atoms with E-state index in [0.717, 1.165) is 28.2 Å². The van der Waals surface area contributed by atoms with Gasteiger partial charge in [0.15, 0.2) is 0 Å². The highest BCUT2D eigenvalue weighted by molar-refractivity contribution is 6.14. The van der Waals surface area contributed by atoms with Crippen molar-refractivity contribution < 1.29 is 0 Å². The number of nitrogens with one attached hydrogen (secondary N) is 1. The predicted molar refractivity (Wildman–Crippen MR) is 192 cm³/mol.